The number of nitrogens with one attached hydrogen (secondary N) is 1. The molecule has 0 unspecified atom stereocenters. The van der Waals surface area contributed by atoms with Crippen molar-refractivity contribution in [1.29, 1.82) is 0 Å². The fourth-order valence-corrected chi connectivity index (χ4v) is 2.65. The first-order valence-electron chi connectivity index (χ1n) is 7.24. The molecule has 0 spiro atoms. The number of carbonyl (C=O) groups is 1. The van der Waals surface area contributed by atoms with Crippen LogP contribution in [0.25, 0.3) is 0 Å². The zero-order valence-electron chi connectivity index (χ0n) is 12.0. The number of anilines is 1. The fourth-order valence-electron chi connectivity index (χ4n) is 2.65. The highest BCUT2D eigenvalue weighted by molar-refractivity contribution is 5.94. The summed E-state index contributed by atoms with van der Waals surface area (Å²) in [6.07, 6.45) is 6.24. The van der Waals surface area contributed by atoms with Crippen LogP contribution in [0.1, 0.15) is 10.4 Å². The summed E-state index contributed by atoms with van der Waals surface area (Å²) in [5.41, 5.74) is 8.29. The number of hydrogen-bond donors (Lipinski definition) is 2. The lowest BCUT2D eigenvalue weighted by Crippen LogP contribution is -2.48. The van der Waals surface area contributed by atoms with Crippen LogP contribution in [-0.2, 0) is 0 Å². The zero-order valence-corrected chi connectivity index (χ0v) is 12.0. The Balaban J connectivity index is 1.60. The van der Waals surface area contributed by atoms with E-state index in [4.69, 9.17) is 5.73 Å². The maximum atomic E-state index is 12.4. The number of hydrogen-bond acceptors (Lipinski definition) is 4. The van der Waals surface area contributed by atoms with Crippen LogP contribution in [-0.4, -0.2) is 48.4 Å². The van der Waals surface area contributed by atoms with Gasteiger partial charge in [-0.15, -0.1) is 0 Å². The first kappa shape index (κ1) is 13.5. The van der Waals surface area contributed by atoms with Gasteiger partial charge in [0, 0.05) is 49.7 Å². The van der Waals surface area contributed by atoms with E-state index in [1.54, 1.807) is 24.3 Å². The molecule has 0 atom stereocenters. The van der Waals surface area contributed by atoms with E-state index >= 15 is 0 Å². The molecule has 110 valence electrons. The van der Waals surface area contributed by atoms with Crippen molar-refractivity contribution in [3.63, 3.8) is 0 Å². The number of nitrogens with two attached hydrogens (primary N) is 1. The number of piperazine rings is 1. The van der Waals surface area contributed by atoms with Gasteiger partial charge in [-0.25, -0.2) is 0 Å². The van der Waals surface area contributed by atoms with Gasteiger partial charge in [0.1, 0.15) is 0 Å². The van der Waals surface area contributed by atoms with Crippen molar-refractivity contribution in [1.82, 2.24) is 15.1 Å². The third kappa shape index (κ3) is 3.02. The largest absolute Gasteiger partial charge is 0.399 e. The predicted molar refractivity (Wildman–Crippen MR) is 83.6 cm³/mol. The molecule has 2 heterocycles. The molecule has 0 saturated carbocycles. The molecule has 5 heteroatoms. The lowest BCUT2D eigenvalue weighted by atomic mass is 10.1. The molecule has 5 nitrogen and oxygen atoms in total. The van der Waals surface area contributed by atoms with Gasteiger partial charge in [0.15, 0.2) is 0 Å². The van der Waals surface area contributed by atoms with Gasteiger partial charge < -0.3 is 20.9 Å². The van der Waals surface area contributed by atoms with Crippen LogP contribution in [0.15, 0.2) is 48.3 Å². The standard InChI is InChI=1S/C16H20N4O/c17-14-3-1-13(2-4-14)16(21)20-11-9-19(10-12-20)15-5-7-18-8-6-15/h1-7,18H,8-12,17H2. The quantitative estimate of drug-likeness (QED) is 0.796. The Hall–Kier alpha value is -2.43. The van der Waals surface area contributed by atoms with Gasteiger partial charge in [-0.05, 0) is 42.6 Å². The van der Waals surface area contributed by atoms with E-state index in [0.717, 1.165) is 32.7 Å². The van der Waals surface area contributed by atoms with Gasteiger partial charge in [-0.3, -0.25) is 4.79 Å². The summed E-state index contributed by atoms with van der Waals surface area (Å²) < 4.78 is 0. The van der Waals surface area contributed by atoms with Crippen LogP contribution >= 0.6 is 0 Å². The molecular formula is C16H20N4O. The fraction of sp³-hybridized carbons (Fsp3) is 0.312. The number of nitrogen functional groups attached to an aromatic ring is 1. The molecule has 21 heavy (non-hydrogen) atoms. The molecule has 3 N–H and O–H groups in total. The second-order valence-corrected chi connectivity index (χ2v) is 5.27. The summed E-state index contributed by atoms with van der Waals surface area (Å²) in [7, 11) is 0. The Morgan fingerprint density at radius 3 is 2.43 bits per heavy atom. The van der Waals surface area contributed by atoms with Gasteiger partial charge in [-0.2, -0.15) is 0 Å². The molecule has 1 saturated heterocycles. The number of benzene rings is 1. The Labute approximate surface area is 124 Å². The summed E-state index contributed by atoms with van der Waals surface area (Å²) >= 11 is 0. The summed E-state index contributed by atoms with van der Waals surface area (Å²) in [4.78, 5) is 16.7. The highest BCUT2D eigenvalue weighted by Crippen LogP contribution is 2.15. The number of nitrogens with zero attached hydrogens (tertiary/aromatic N) is 2. The summed E-state index contributed by atoms with van der Waals surface area (Å²) in [5.74, 6) is 0.0875. The summed E-state index contributed by atoms with van der Waals surface area (Å²) in [6.45, 7) is 4.12. The number of carbonyl (C=O) groups excluding carboxylic acids is 1. The maximum Gasteiger partial charge on any atom is 0.253 e. The number of dihydropyridines is 1. The molecule has 2 aliphatic rings. The van der Waals surface area contributed by atoms with Crippen molar-refractivity contribution in [2.24, 2.45) is 0 Å². The average Bonchev–Trinajstić information content (AvgIpc) is 2.56. The molecule has 1 aromatic carbocycles. The Morgan fingerprint density at radius 2 is 1.81 bits per heavy atom. The Bertz CT molecular complexity index is 568. The molecule has 1 fully saturated rings. The molecule has 0 bridgehead atoms. The predicted octanol–water partition coefficient (Wildman–Crippen LogP) is 1.03. The van der Waals surface area contributed by atoms with Gasteiger partial charge in [0.2, 0.25) is 0 Å². The van der Waals surface area contributed by atoms with E-state index in [-0.39, 0.29) is 5.91 Å². The van der Waals surface area contributed by atoms with E-state index in [1.165, 1.54) is 5.70 Å². The second-order valence-electron chi connectivity index (χ2n) is 5.27. The van der Waals surface area contributed by atoms with Crippen molar-refractivity contribution < 1.29 is 4.79 Å². The molecule has 0 aromatic heterocycles. The third-order valence-electron chi connectivity index (χ3n) is 3.89. The molecule has 0 radical (unpaired) electrons. The van der Waals surface area contributed by atoms with Crippen LogP contribution in [0.5, 0.6) is 0 Å². The van der Waals surface area contributed by atoms with E-state index in [9.17, 15) is 4.79 Å². The van der Waals surface area contributed by atoms with Crippen LogP contribution in [0.2, 0.25) is 0 Å². The number of rotatable bonds is 2. The minimum absolute atomic E-state index is 0.0875. The van der Waals surface area contributed by atoms with Gasteiger partial charge in [-0.1, -0.05) is 0 Å². The SMILES string of the molecule is Nc1ccc(C(=O)N2CCN(C3=CCNC=C3)CC2)cc1. The Morgan fingerprint density at radius 1 is 1.10 bits per heavy atom. The monoisotopic (exact) mass is 284 g/mol. The molecule has 1 amide bonds. The van der Waals surface area contributed by atoms with Crippen molar-refractivity contribution in [2.75, 3.05) is 38.5 Å². The lowest BCUT2D eigenvalue weighted by molar-refractivity contribution is 0.0672. The minimum atomic E-state index is 0.0875. The van der Waals surface area contributed by atoms with Crippen molar-refractivity contribution in [3.8, 4) is 0 Å². The number of amides is 1. The second kappa shape index (κ2) is 5.91. The smallest absolute Gasteiger partial charge is 0.253 e. The van der Waals surface area contributed by atoms with Crippen LogP contribution in [0.3, 0.4) is 0 Å². The maximum absolute atomic E-state index is 12.4. The first-order chi connectivity index (χ1) is 10.2. The van der Waals surface area contributed by atoms with Crippen LogP contribution in [0.4, 0.5) is 5.69 Å². The first-order valence-corrected chi connectivity index (χ1v) is 7.24. The molecule has 2 aliphatic heterocycles. The zero-order chi connectivity index (χ0) is 14.7. The highest BCUT2D eigenvalue weighted by Gasteiger charge is 2.22. The van der Waals surface area contributed by atoms with Crippen molar-refractivity contribution in [3.05, 3.63) is 53.9 Å². The van der Waals surface area contributed by atoms with Crippen LogP contribution in [0, 0.1) is 0 Å². The van der Waals surface area contributed by atoms with Gasteiger partial charge in [0.05, 0.1) is 0 Å². The van der Waals surface area contributed by atoms with Gasteiger partial charge in [0.25, 0.3) is 5.91 Å². The van der Waals surface area contributed by atoms with Crippen molar-refractivity contribution >= 4 is 11.6 Å². The minimum Gasteiger partial charge on any atom is -0.399 e. The van der Waals surface area contributed by atoms with E-state index in [2.05, 4.69) is 22.4 Å². The Kier molecular flexibility index (Phi) is 3.81. The van der Waals surface area contributed by atoms with Crippen LogP contribution < -0.4 is 11.1 Å². The topological polar surface area (TPSA) is 61.6 Å². The lowest BCUT2D eigenvalue weighted by Gasteiger charge is -2.37. The van der Waals surface area contributed by atoms with E-state index in [1.807, 2.05) is 11.1 Å². The molecular weight excluding hydrogens is 264 g/mol. The number of allylic oxidation sites excluding steroid dienone is 1. The highest BCUT2D eigenvalue weighted by atomic mass is 16.2. The third-order valence-corrected chi connectivity index (χ3v) is 3.89. The molecule has 3 rings (SSSR count). The average molecular weight is 284 g/mol. The van der Waals surface area contributed by atoms with Crippen molar-refractivity contribution in [2.45, 2.75) is 0 Å². The molecule has 1 aromatic rings. The summed E-state index contributed by atoms with van der Waals surface area (Å²) in [5, 5.41) is 3.15. The normalized spacial score (nSPS) is 18.2. The molecule has 0 aliphatic carbocycles. The summed E-state index contributed by atoms with van der Waals surface area (Å²) in [6, 6.07) is 7.13. The van der Waals surface area contributed by atoms with E-state index in [0.29, 0.717) is 11.3 Å². The van der Waals surface area contributed by atoms with Gasteiger partial charge >= 0.3 is 0 Å². The van der Waals surface area contributed by atoms with E-state index < -0.39 is 0 Å².